The number of fused-ring (bicyclic) bond motifs is 2. The first-order valence-corrected chi connectivity index (χ1v) is 9.73. The molecule has 1 aliphatic carbocycles. The Hall–Kier alpha value is -2.90. The van der Waals surface area contributed by atoms with Gasteiger partial charge in [0.1, 0.15) is 11.3 Å². The lowest BCUT2D eigenvalue weighted by Gasteiger charge is -2.16. The Bertz CT molecular complexity index is 981. The summed E-state index contributed by atoms with van der Waals surface area (Å²) in [6.45, 7) is 2.34. The van der Waals surface area contributed by atoms with Crippen molar-refractivity contribution < 1.29 is 18.1 Å². The van der Waals surface area contributed by atoms with E-state index < -0.39 is 5.82 Å². The lowest BCUT2D eigenvalue weighted by atomic mass is 10.1. The molecule has 0 bridgehead atoms. The molecule has 2 aromatic heterocycles. The third-order valence-electron chi connectivity index (χ3n) is 5.11. The zero-order valence-electron chi connectivity index (χ0n) is 15.8. The molecule has 148 valence electrons. The van der Waals surface area contributed by atoms with Crippen LogP contribution in [0.15, 0.2) is 27.1 Å². The van der Waals surface area contributed by atoms with Crippen LogP contribution in [0.25, 0.3) is 11.1 Å². The zero-order valence-corrected chi connectivity index (χ0v) is 15.8. The van der Waals surface area contributed by atoms with Crippen LogP contribution < -0.4 is 10.6 Å². The Morgan fingerprint density at radius 1 is 1.29 bits per heavy atom. The smallest absolute Gasteiger partial charge is 0.296 e. The topological polar surface area (TPSA) is 93.2 Å². The number of hydrogen-bond donors (Lipinski definition) is 2. The van der Waals surface area contributed by atoms with Gasteiger partial charge in [0.15, 0.2) is 17.1 Å². The minimum absolute atomic E-state index is 0.120. The highest BCUT2D eigenvalue weighted by atomic mass is 19.1. The Kier molecular flexibility index (Phi) is 5.27. The summed E-state index contributed by atoms with van der Waals surface area (Å²) in [5.41, 5.74) is 1.89. The number of hydrogen-bond acceptors (Lipinski definition) is 6. The van der Waals surface area contributed by atoms with E-state index in [9.17, 15) is 9.18 Å². The van der Waals surface area contributed by atoms with Gasteiger partial charge in [-0.1, -0.05) is 24.6 Å². The minimum atomic E-state index is -0.428. The second-order valence-electron chi connectivity index (χ2n) is 7.06. The van der Waals surface area contributed by atoms with Crippen molar-refractivity contribution in [3.63, 3.8) is 0 Å². The van der Waals surface area contributed by atoms with Crippen molar-refractivity contribution in [1.29, 1.82) is 0 Å². The molecule has 7 nitrogen and oxygen atoms in total. The molecular formula is C20H23FN4O3. The maximum atomic E-state index is 13.8. The summed E-state index contributed by atoms with van der Waals surface area (Å²) in [6, 6.07) is 4.69. The monoisotopic (exact) mass is 386 g/mol. The summed E-state index contributed by atoms with van der Waals surface area (Å²) in [6.07, 6.45) is 5.63. The predicted molar refractivity (Wildman–Crippen MR) is 102 cm³/mol. The van der Waals surface area contributed by atoms with Gasteiger partial charge < -0.3 is 19.6 Å². The first kappa shape index (κ1) is 18.5. The lowest BCUT2D eigenvalue weighted by Crippen LogP contribution is -2.36. The van der Waals surface area contributed by atoms with Gasteiger partial charge in [-0.05, 0) is 37.8 Å². The molecule has 0 saturated heterocycles. The Morgan fingerprint density at radius 3 is 2.96 bits per heavy atom. The number of halogens is 1. The number of nitrogens with zero attached hydrogens (tertiary/aromatic N) is 2. The van der Waals surface area contributed by atoms with Gasteiger partial charge in [0.05, 0.1) is 0 Å². The third-order valence-corrected chi connectivity index (χ3v) is 5.11. The summed E-state index contributed by atoms with van der Waals surface area (Å²) in [4.78, 5) is 16.8. The Morgan fingerprint density at radius 2 is 2.14 bits per heavy atom. The normalized spacial score (nSPS) is 15.1. The molecule has 1 atom stereocenters. The first-order chi connectivity index (χ1) is 13.7. The van der Waals surface area contributed by atoms with Crippen molar-refractivity contribution in [3.8, 4) is 0 Å². The molecule has 8 heteroatoms. The van der Waals surface area contributed by atoms with Gasteiger partial charge in [-0.3, -0.25) is 4.79 Å². The average molecular weight is 386 g/mol. The number of aryl methyl sites for hydroxylation is 1. The van der Waals surface area contributed by atoms with Crippen molar-refractivity contribution in [1.82, 2.24) is 15.5 Å². The number of carbonyl (C=O) groups excluding carboxylic acids is 1. The summed E-state index contributed by atoms with van der Waals surface area (Å²) in [7, 11) is 0. The van der Waals surface area contributed by atoms with Crippen LogP contribution >= 0.6 is 0 Å². The maximum Gasteiger partial charge on any atom is 0.296 e. The van der Waals surface area contributed by atoms with Gasteiger partial charge in [-0.25, -0.2) is 4.39 Å². The van der Waals surface area contributed by atoms with Gasteiger partial charge >= 0.3 is 0 Å². The molecule has 2 N–H and O–H groups in total. The predicted octanol–water partition coefficient (Wildman–Crippen LogP) is 3.84. The fourth-order valence-corrected chi connectivity index (χ4v) is 3.49. The number of benzene rings is 1. The van der Waals surface area contributed by atoms with Crippen LogP contribution in [0, 0.1) is 5.82 Å². The molecule has 3 aromatic rings. The van der Waals surface area contributed by atoms with Gasteiger partial charge in [-0.2, -0.15) is 4.98 Å². The number of rotatable bonds is 6. The molecule has 0 spiro atoms. The lowest BCUT2D eigenvalue weighted by molar-refractivity contribution is 0.0941. The van der Waals surface area contributed by atoms with E-state index in [0.717, 1.165) is 49.8 Å². The van der Waals surface area contributed by atoms with E-state index >= 15 is 0 Å². The van der Waals surface area contributed by atoms with E-state index in [1.165, 1.54) is 6.07 Å². The largest absolute Gasteiger partial charge is 0.423 e. The van der Waals surface area contributed by atoms with Crippen LogP contribution in [-0.2, 0) is 12.8 Å². The molecule has 1 unspecified atom stereocenters. The van der Waals surface area contributed by atoms with E-state index in [-0.39, 0.29) is 23.5 Å². The fraction of sp³-hybridized carbons (Fsp3) is 0.450. The summed E-state index contributed by atoms with van der Waals surface area (Å²) in [5.74, 6) is 0.166. The standard InChI is InChI=1S/C20H23FN4O3/c1-2-12(23-20-24-18-14(21)8-6-10-16(18)27-20)11-22-19(26)17-13-7-4-3-5-9-15(13)28-25-17/h6,8,10,12H,2-5,7,9,11H2,1H3,(H,22,26)(H,23,24). The van der Waals surface area contributed by atoms with Crippen LogP contribution in [0.3, 0.4) is 0 Å². The third kappa shape index (κ3) is 3.72. The molecule has 0 saturated carbocycles. The van der Waals surface area contributed by atoms with Crippen LogP contribution in [0.5, 0.6) is 0 Å². The number of anilines is 1. The first-order valence-electron chi connectivity index (χ1n) is 9.73. The number of nitrogens with one attached hydrogen (secondary N) is 2. The molecule has 1 aliphatic rings. The van der Waals surface area contributed by atoms with Gasteiger partial charge in [0.2, 0.25) is 0 Å². The van der Waals surface area contributed by atoms with Gasteiger partial charge in [0, 0.05) is 24.6 Å². The maximum absolute atomic E-state index is 13.8. The molecule has 28 heavy (non-hydrogen) atoms. The molecule has 2 heterocycles. The van der Waals surface area contributed by atoms with Crippen molar-refractivity contribution in [3.05, 3.63) is 41.0 Å². The molecule has 0 radical (unpaired) electrons. The number of carbonyl (C=O) groups is 1. The van der Waals surface area contributed by atoms with E-state index in [0.29, 0.717) is 17.8 Å². The SMILES string of the molecule is CCC(CNC(=O)c1noc2c1CCCCC2)Nc1nc2c(F)cccc2o1. The molecule has 1 aromatic carbocycles. The van der Waals surface area contributed by atoms with E-state index in [4.69, 9.17) is 8.94 Å². The Labute approximate surface area is 161 Å². The van der Waals surface area contributed by atoms with Crippen molar-refractivity contribution in [2.24, 2.45) is 0 Å². The molecule has 1 amide bonds. The highest BCUT2D eigenvalue weighted by Crippen LogP contribution is 2.24. The second kappa shape index (κ2) is 8.00. The fourth-order valence-electron chi connectivity index (χ4n) is 3.49. The number of oxazole rings is 1. The van der Waals surface area contributed by atoms with Crippen LogP contribution in [0.4, 0.5) is 10.4 Å². The highest BCUT2D eigenvalue weighted by Gasteiger charge is 2.23. The number of aromatic nitrogens is 2. The molecule has 0 fully saturated rings. The zero-order chi connectivity index (χ0) is 19.5. The molecule has 0 aliphatic heterocycles. The second-order valence-corrected chi connectivity index (χ2v) is 7.06. The molecular weight excluding hydrogens is 363 g/mol. The van der Waals surface area contributed by atoms with Crippen LogP contribution in [0.2, 0.25) is 0 Å². The van der Waals surface area contributed by atoms with Crippen molar-refractivity contribution in [2.75, 3.05) is 11.9 Å². The van der Waals surface area contributed by atoms with E-state index in [2.05, 4.69) is 20.8 Å². The summed E-state index contributed by atoms with van der Waals surface area (Å²) >= 11 is 0. The quantitative estimate of drug-likeness (QED) is 0.625. The van der Waals surface area contributed by atoms with Crippen molar-refractivity contribution in [2.45, 2.75) is 51.5 Å². The van der Waals surface area contributed by atoms with E-state index in [1.807, 2.05) is 6.92 Å². The average Bonchev–Trinajstić information content (AvgIpc) is 3.22. The number of amides is 1. The van der Waals surface area contributed by atoms with Gasteiger partial charge in [0.25, 0.3) is 11.9 Å². The van der Waals surface area contributed by atoms with Crippen LogP contribution in [0.1, 0.15) is 54.4 Å². The van der Waals surface area contributed by atoms with Crippen LogP contribution in [-0.4, -0.2) is 28.6 Å². The minimum Gasteiger partial charge on any atom is -0.423 e. The Balaban J connectivity index is 1.40. The van der Waals surface area contributed by atoms with Crippen molar-refractivity contribution >= 4 is 23.0 Å². The highest BCUT2D eigenvalue weighted by molar-refractivity contribution is 5.93. The number of para-hydroxylation sites is 1. The van der Waals surface area contributed by atoms with E-state index in [1.54, 1.807) is 12.1 Å². The summed E-state index contributed by atoms with van der Waals surface area (Å²) in [5, 5.41) is 10.0. The molecule has 4 rings (SSSR count). The van der Waals surface area contributed by atoms with Gasteiger partial charge in [-0.15, -0.1) is 0 Å². The summed E-state index contributed by atoms with van der Waals surface area (Å²) < 4.78 is 24.7.